The first kappa shape index (κ1) is 22.7. The van der Waals surface area contributed by atoms with E-state index in [0.29, 0.717) is 33.6 Å². The highest BCUT2D eigenvalue weighted by Crippen LogP contribution is 2.36. The zero-order valence-corrected chi connectivity index (χ0v) is 20.1. The summed E-state index contributed by atoms with van der Waals surface area (Å²) in [7, 11) is -0.794. The third-order valence-electron chi connectivity index (χ3n) is 4.99. The van der Waals surface area contributed by atoms with E-state index in [1.165, 1.54) is 37.7 Å². The van der Waals surface area contributed by atoms with Gasteiger partial charge in [0.15, 0.2) is 22.4 Å². The zero-order valence-electron chi connectivity index (χ0n) is 18.5. The number of aromatic nitrogens is 3. The van der Waals surface area contributed by atoms with Crippen molar-refractivity contribution in [2.45, 2.75) is 23.6 Å². The van der Waals surface area contributed by atoms with Gasteiger partial charge in [0.1, 0.15) is 0 Å². The summed E-state index contributed by atoms with van der Waals surface area (Å²) < 4.78 is 37.4. The van der Waals surface area contributed by atoms with E-state index in [4.69, 9.17) is 9.47 Å². The number of ether oxygens (including phenoxy) is 2. The molecule has 2 heterocycles. The molecule has 2 aromatic carbocycles. The lowest BCUT2D eigenvalue weighted by atomic mass is 10.1. The van der Waals surface area contributed by atoms with E-state index >= 15 is 0 Å². The molecule has 0 aliphatic carbocycles. The predicted octanol–water partition coefficient (Wildman–Crippen LogP) is 4.81. The molecule has 4 aromatic rings. The second kappa shape index (κ2) is 9.16. The van der Waals surface area contributed by atoms with Crippen LogP contribution in [0.15, 0.2) is 64.1 Å². The number of benzene rings is 2. The van der Waals surface area contributed by atoms with E-state index in [2.05, 4.69) is 20.3 Å². The van der Waals surface area contributed by atoms with Gasteiger partial charge in [0.05, 0.1) is 35.9 Å². The maximum absolute atomic E-state index is 13.5. The fourth-order valence-electron chi connectivity index (χ4n) is 3.56. The van der Waals surface area contributed by atoms with Crippen LogP contribution in [0, 0.1) is 13.8 Å². The summed E-state index contributed by atoms with van der Waals surface area (Å²) in [4.78, 5) is 13.2. The van der Waals surface area contributed by atoms with E-state index in [-0.39, 0.29) is 9.79 Å². The largest absolute Gasteiger partial charge is 0.493 e. The molecule has 1 N–H and O–H groups in total. The van der Waals surface area contributed by atoms with Gasteiger partial charge in [0.2, 0.25) is 9.84 Å². The number of nitrogens with zero attached hydrogens (tertiary/aromatic N) is 3. The van der Waals surface area contributed by atoms with Crippen LogP contribution in [-0.4, -0.2) is 37.6 Å². The average molecular weight is 483 g/mol. The lowest BCUT2D eigenvalue weighted by molar-refractivity contribution is 0.354. The molecule has 4 rings (SSSR count). The number of sulfone groups is 1. The van der Waals surface area contributed by atoms with Gasteiger partial charge in [-0.15, -0.1) is 11.3 Å². The molecule has 0 unspecified atom stereocenters. The minimum absolute atomic E-state index is 0.142. The van der Waals surface area contributed by atoms with Crippen LogP contribution in [0.5, 0.6) is 11.5 Å². The Labute approximate surface area is 196 Å². The van der Waals surface area contributed by atoms with Crippen LogP contribution in [-0.2, 0) is 9.84 Å². The van der Waals surface area contributed by atoms with Gasteiger partial charge >= 0.3 is 0 Å². The van der Waals surface area contributed by atoms with Crippen LogP contribution in [0.2, 0.25) is 0 Å². The fourth-order valence-corrected chi connectivity index (χ4v) is 6.00. The monoisotopic (exact) mass is 482 g/mol. The number of hydrogen-bond donors (Lipinski definition) is 1. The van der Waals surface area contributed by atoms with Crippen molar-refractivity contribution in [3.63, 3.8) is 0 Å². The van der Waals surface area contributed by atoms with Crippen molar-refractivity contribution >= 4 is 32.1 Å². The van der Waals surface area contributed by atoms with Crippen molar-refractivity contribution < 1.29 is 17.9 Å². The summed E-state index contributed by atoms with van der Waals surface area (Å²) >= 11 is 1.43. The molecule has 0 aliphatic heterocycles. The van der Waals surface area contributed by atoms with Crippen molar-refractivity contribution in [3.8, 4) is 22.8 Å². The van der Waals surface area contributed by atoms with E-state index in [9.17, 15) is 8.42 Å². The molecular formula is C23H22N4O4S2. The number of anilines is 2. The molecule has 0 spiro atoms. The molecular weight excluding hydrogens is 460 g/mol. The van der Waals surface area contributed by atoms with Crippen molar-refractivity contribution in [2.75, 3.05) is 19.5 Å². The van der Waals surface area contributed by atoms with Crippen molar-refractivity contribution in [3.05, 3.63) is 65.4 Å². The molecule has 0 radical (unpaired) electrons. The fraction of sp³-hybridized carbons (Fsp3) is 0.174. The first-order valence-electron chi connectivity index (χ1n) is 9.90. The van der Waals surface area contributed by atoms with E-state index in [0.717, 1.165) is 11.3 Å². The van der Waals surface area contributed by atoms with Gasteiger partial charge in [-0.1, -0.05) is 0 Å². The molecule has 0 bridgehead atoms. The Morgan fingerprint density at radius 1 is 0.970 bits per heavy atom. The molecule has 8 nitrogen and oxygen atoms in total. The first-order valence-corrected chi connectivity index (χ1v) is 12.3. The number of thiazole rings is 1. The van der Waals surface area contributed by atoms with Crippen LogP contribution < -0.4 is 14.8 Å². The topological polar surface area (TPSA) is 103 Å². The highest BCUT2D eigenvalue weighted by Gasteiger charge is 2.25. The van der Waals surface area contributed by atoms with E-state index in [1.54, 1.807) is 38.5 Å². The number of methoxy groups -OCH3 is 2. The Hall–Kier alpha value is -3.50. The SMILES string of the molecule is COc1ccc(S(=O)(=O)c2c(C)cc(-c3csc(Nc4cnccn4)n3)cc2C)cc1OC. The Balaban J connectivity index is 1.68. The summed E-state index contributed by atoms with van der Waals surface area (Å²) in [6.45, 7) is 3.57. The maximum Gasteiger partial charge on any atom is 0.207 e. The Bertz CT molecular complexity index is 1380. The summed E-state index contributed by atoms with van der Waals surface area (Å²) in [5, 5.41) is 5.70. The Morgan fingerprint density at radius 2 is 1.70 bits per heavy atom. The Morgan fingerprint density at radius 3 is 2.33 bits per heavy atom. The minimum atomic E-state index is -3.77. The van der Waals surface area contributed by atoms with E-state index < -0.39 is 9.84 Å². The standard InChI is InChI=1S/C23H22N4O4S2/c1-14-9-16(18-13-32-23(26-18)27-21-12-24-7-8-25-21)10-15(2)22(14)33(28,29)17-5-6-19(30-3)20(11-17)31-4/h5-13H,1-4H3,(H,25,26,27). The second-order valence-electron chi connectivity index (χ2n) is 7.21. The Kier molecular flexibility index (Phi) is 6.30. The number of hydrogen-bond acceptors (Lipinski definition) is 9. The molecule has 170 valence electrons. The number of nitrogens with one attached hydrogen (secondary N) is 1. The van der Waals surface area contributed by atoms with E-state index in [1.807, 2.05) is 17.5 Å². The van der Waals surface area contributed by atoms with Crippen LogP contribution in [0.3, 0.4) is 0 Å². The average Bonchev–Trinajstić information content (AvgIpc) is 3.27. The molecule has 0 saturated heterocycles. The summed E-state index contributed by atoms with van der Waals surface area (Å²) in [6.07, 6.45) is 4.81. The minimum Gasteiger partial charge on any atom is -0.493 e. The van der Waals surface area contributed by atoms with Gasteiger partial charge in [0.25, 0.3) is 0 Å². The number of rotatable bonds is 7. The quantitative estimate of drug-likeness (QED) is 0.400. The normalized spacial score (nSPS) is 11.3. The number of aryl methyl sites for hydroxylation is 2. The lowest BCUT2D eigenvalue weighted by Crippen LogP contribution is -2.07. The zero-order chi connectivity index (χ0) is 23.6. The van der Waals surface area contributed by atoms with Gasteiger partial charge < -0.3 is 14.8 Å². The van der Waals surface area contributed by atoms with Crippen LogP contribution in [0.4, 0.5) is 10.9 Å². The maximum atomic E-state index is 13.5. The van der Waals surface area contributed by atoms with Crippen LogP contribution in [0.1, 0.15) is 11.1 Å². The van der Waals surface area contributed by atoms with Gasteiger partial charge in [0, 0.05) is 29.4 Å². The van der Waals surface area contributed by atoms with Gasteiger partial charge in [-0.25, -0.2) is 18.4 Å². The predicted molar refractivity (Wildman–Crippen MR) is 127 cm³/mol. The third kappa shape index (κ3) is 4.53. The van der Waals surface area contributed by atoms with Crippen molar-refractivity contribution in [1.29, 1.82) is 0 Å². The summed E-state index contributed by atoms with van der Waals surface area (Å²) in [5.41, 5.74) is 2.85. The molecule has 0 atom stereocenters. The lowest BCUT2D eigenvalue weighted by Gasteiger charge is -2.14. The van der Waals surface area contributed by atoms with Gasteiger partial charge in [-0.05, 0) is 49.2 Å². The van der Waals surface area contributed by atoms with Gasteiger partial charge in [-0.3, -0.25) is 4.98 Å². The first-order chi connectivity index (χ1) is 15.8. The molecule has 0 fully saturated rings. The molecule has 10 heteroatoms. The molecule has 0 amide bonds. The summed E-state index contributed by atoms with van der Waals surface area (Å²) in [6, 6.07) is 8.26. The van der Waals surface area contributed by atoms with Gasteiger partial charge in [-0.2, -0.15) is 0 Å². The van der Waals surface area contributed by atoms with Crippen LogP contribution in [0.25, 0.3) is 11.3 Å². The second-order valence-corrected chi connectivity index (χ2v) is 9.96. The molecule has 2 aromatic heterocycles. The molecule has 0 aliphatic rings. The van der Waals surface area contributed by atoms with Crippen molar-refractivity contribution in [1.82, 2.24) is 15.0 Å². The van der Waals surface area contributed by atoms with Crippen LogP contribution >= 0.6 is 11.3 Å². The molecule has 33 heavy (non-hydrogen) atoms. The molecule has 0 saturated carbocycles. The van der Waals surface area contributed by atoms with Crippen molar-refractivity contribution in [2.24, 2.45) is 0 Å². The smallest absolute Gasteiger partial charge is 0.207 e. The highest BCUT2D eigenvalue weighted by molar-refractivity contribution is 7.91. The third-order valence-corrected chi connectivity index (χ3v) is 7.81. The summed E-state index contributed by atoms with van der Waals surface area (Å²) in [5.74, 6) is 1.42. The highest BCUT2D eigenvalue weighted by atomic mass is 32.2.